The standard InChI is InChI=1S/C24H34N4O5/c1-27-16-9-13(10-29)21(27)15-8-12-5-6-14(26-23(31)20-18(30)4-3-7-25-20)22(32-2)19(12)17-11-33-24(16)28(15)17/h5-6,13,15-18,20-21,24-25,29-30H,3-4,7-11H2,1-2H3,(H,26,31)/t13-,15-,16+,17-,18-,20?,21-,24+/m1/s1. The van der Waals surface area contributed by atoms with Crippen LogP contribution in [0, 0.1) is 5.92 Å². The highest BCUT2D eigenvalue weighted by molar-refractivity contribution is 5.97. The van der Waals surface area contributed by atoms with Crippen molar-refractivity contribution in [3.05, 3.63) is 23.3 Å². The number of piperidine rings is 1. The van der Waals surface area contributed by atoms with Crippen LogP contribution >= 0.6 is 0 Å². The summed E-state index contributed by atoms with van der Waals surface area (Å²) in [7, 11) is 3.81. The van der Waals surface area contributed by atoms with Crippen LogP contribution in [0.15, 0.2) is 12.1 Å². The number of piperazine rings is 1. The number of methoxy groups -OCH3 is 1. The zero-order valence-corrected chi connectivity index (χ0v) is 19.2. The van der Waals surface area contributed by atoms with Crippen molar-refractivity contribution < 1.29 is 24.5 Å². The van der Waals surface area contributed by atoms with E-state index in [1.807, 2.05) is 6.07 Å². The molecular formula is C24H34N4O5. The second-order valence-electron chi connectivity index (χ2n) is 10.2. The van der Waals surface area contributed by atoms with Crippen LogP contribution in [-0.2, 0) is 16.0 Å². The average molecular weight is 459 g/mol. The van der Waals surface area contributed by atoms with E-state index in [2.05, 4.69) is 33.5 Å². The number of likely N-dealkylation sites (N-methyl/N-ethyl adjacent to an activating group) is 1. The van der Waals surface area contributed by atoms with E-state index in [0.29, 0.717) is 30.5 Å². The van der Waals surface area contributed by atoms with Gasteiger partial charge in [-0.2, -0.15) is 0 Å². The van der Waals surface area contributed by atoms with Gasteiger partial charge in [0.2, 0.25) is 5.91 Å². The minimum atomic E-state index is -0.688. The van der Waals surface area contributed by atoms with E-state index < -0.39 is 12.1 Å². The number of rotatable bonds is 4. The number of carbonyl (C=O) groups excluding carboxylic acids is 1. The predicted octanol–water partition coefficient (Wildman–Crippen LogP) is 0.0655. The topological polar surface area (TPSA) is 107 Å². The van der Waals surface area contributed by atoms with Gasteiger partial charge in [-0.25, -0.2) is 0 Å². The van der Waals surface area contributed by atoms with Gasteiger partial charge < -0.3 is 30.3 Å². The molecule has 9 nitrogen and oxygen atoms in total. The first kappa shape index (κ1) is 21.8. The number of anilines is 1. The Labute approximate surface area is 194 Å². The number of nitrogens with one attached hydrogen (secondary N) is 2. The van der Waals surface area contributed by atoms with E-state index in [1.54, 1.807) is 7.11 Å². The zero-order chi connectivity index (χ0) is 22.9. The van der Waals surface area contributed by atoms with Crippen LogP contribution in [0.5, 0.6) is 5.75 Å². The number of ether oxygens (including phenoxy) is 2. The van der Waals surface area contributed by atoms with Crippen molar-refractivity contribution in [3.8, 4) is 5.75 Å². The lowest BCUT2D eigenvalue weighted by Gasteiger charge is -2.51. The van der Waals surface area contributed by atoms with Crippen LogP contribution in [0.1, 0.15) is 36.4 Å². The van der Waals surface area contributed by atoms with Crippen molar-refractivity contribution in [2.24, 2.45) is 5.92 Å². The summed E-state index contributed by atoms with van der Waals surface area (Å²) in [6, 6.07) is 4.32. The summed E-state index contributed by atoms with van der Waals surface area (Å²) < 4.78 is 12.3. The second kappa shape index (κ2) is 8.18. The molecule has 8 atom stereocenters. The molecule has 5 aliphatic heterocycles. The Balaban J connectivity index is 1.34. The van der Waals surface area contributed by atoms with Gasteiger partial charge in [0.05, 0.1) is 31.5 Å². The predicted molar refractivity (Wildman–Crippen MR) is 121 cm³/mol. The Morgan fingerprint density at radius 2 is 2.21 bits per heavy atom. The van der Waals surface area contributed by atoms with Crippen molar-refractivity contribution >= 4 is 11.6 Å². The normalized spacial score (nSPS) is 39.8. The van der Waals surface area contributed by atoms with Gasteiger partial charge in [-0.15, -0.1) is 0 Å². The van der Waals surface area contributed by atoms with Crippen molar-refractivity contribution in [2.75, 3.05) is 39.2 Å². The van der Waals surface area contributed by atoms with E-state index in [9.17, 15) is 15.0 Å². The molecule has 4 saturated heterocycles. The molecule has 0 spiro atoms. The first-order valence-corrected chi connectivity index (χ1v) is 12.2. The smallest absolute Gasteiger partial charge is 0.244 e. The number of hydrogen-bond acceptors (Lipinski definition) is 8. The number of amides is 1. The van der Waals surface area contributed by atoms with Gasteiger partial charge in [-0.3, -0.25) is 14.6 Å². The van der Waals surface area contributed by atoms with Gasteiger partial charge in [0.25, 0.3) is 0 Å². The number of fused-ring (bicyclic) bond motifs is 6. The highest BCUT2D eigenvalue weighted by atomic mass is 16.5. The Hall–Kier alpha value is -1.75. The number of carbonyl (C=O) groups is 1. The Kier molecular flexibility index (Phi) is 5.39. The highest BCUT2D eigenvalue weighted by Crippen LogP contribution is 2.53. The summed E-state index contributed by atoms with van der Waals surface area (Å²) in [5.74, 6) is 0.707. The lowest BCUT2D eigenvalue weighted by atomic mass is 9.81. The molecule has 180 valence electrons. The van der Waals surface area contributed by atoms with Crippen LogP contribution in [0.3, 0.4) is 0 Å². The molecule has 0 radical (unpaired) electrons. The molecule has 1 aromatic rings. The average Bonchev–Trinajstić information content (AvgIpc) is 3.36. The maximum atomic E-state index is 12.9. The third-order valence-electron chi connectivity index (χ3n) is 8.66. The highest BCUT2D eigenvalue weighted by Gasteiger charge is 2.60. The van der Waals surface area contributed by atoms with Crippen LogP contribution in [-0.4, -0.2) is 96.3 Å². The molecule has 0 saturated carbocycles. The quantitative estimate of drug-likeness (QED) is 0.502. The molecular weight excluding hydrogens is 424 g/mol. The zero-order valence-electron chi connectivity index (χ0n) is 19.2. The van der Waals surface area contributed by atoms with Crippen LogP contribution < -0.4 is 15.4 Å². The number of aliphatic hydroxyl groups is 2. The van der Waals surface area contributed by atoms with Gasteiger partial charge in [0, 0.05) is 36.2 Å². The van der Waals surface area contributed by atoms with Gasteiger partial charge in [-0.1, -0.05) is 6.07 Å². The van der Waals surface area contributed by atoms with Crippen LogP contribution in [0.2, 0.25) is 0 Å². The van der Waals surface area contributed by atoms with Crippen molar-refractivity contribution in [1.29, 1.82) is 0 Å². The Bertz CT molecular complexity index is 944. The maximum Gasteiger partial charge on any atom is 0.244 e. The third kappa shape index (κ3) is 3.17. The van der Waals surface area contributed by atoms with Crippen molar-refractivity contribution in [3.63, 3.8) is 0 Å². The van der Waals surface area contributed by atoms with E-state index in [0.717, 1.165) is 31.4 Å². The third-order valence-corrected chi connectivity index (χ3v) is 8.66. The molecule has 33 heavy (non-hydrogen) atoms. The van der Waals surface area contributed by atoms with Crippen molar-refractivity contribution in [2.45, 2.75) is 68.2 Å². The van der Waals surface area contributed by atoms with E-state index >= 15 is 0 Å². The summed E-state index contributed by atoms with van der Waals surface area (Å²) in [5, 5.41) is 26.5. The fraction of sp³-hybridized carbons (Fsp3) is 0.708. The number of hydrogen-bond donors (Lipinski definition) is 4. The Morgan fingerprint density at radius 3 is 2.97 bits per heavy atom. The largest absolute Gasteiger partial charge is 0.494 e. The number of nitrogens with zero attached hydrogens (tertiary/aromatic N) is 2. The molecule has 9 heteroatoms. The lowest BCUT2D eigenvalue weighted by molar-refractivity contribution is -0.121. The molecule has 4 N–H and O–H groups in total. The molecule has 4 fully saturated rings. The fourth-order valence-electron chi connectivity index (χ4n) is 7.24. The molecule has 5 aliphatic rings. The minimum Gasteiger partial charge on any atom is -0.494 e. The number of benzene rings is 1. The molecule has 5 heterocycles. The summed E-state index contributed by atoms with van der Waals surface area (Å²) in [5.41, 5.74) is 2.94. The first-order valence-electron chi connectivity index (χ1n) is 12.2. The molecule has 1 unspecified atom stereocenters. The fourth-order valence-corrected chi connectivity index (χ4v) is 7.24. The molecule has 1 aromatic carbocycles. The molecule has 2 bridgehead atoms. The number of aliphatic hydroxyl groups excluding tert-OH is 2. The summed E-state index contributed by atoms with van der Waals surface area (Å²) >= 11 is 0. The molecule has 0 aliphatic carbocycles. The monoisotopic (exact) mass is 458 g/mol. The summed E-state index contributed by atoms with van der Waals surface area (Å²) in [4.78, 5) is 17.9. The van der Waals surface area contributed by atoms with E-state index in [4.69, 9.17) is 9.47 Å². The SMILES string of the molecule is COc1c(NC(=O)C2NCCC[C@H]2O)ccc2c1[C@H]1CO[C@H]3[C@@H]4C[C@H](CO)[C@H]([C@@H](C2)N13)N4C. The van der Waals surface area contributed by atoms with E-state index in [-0.39, 0.29) is 42.8 Å². The van der Waals surface area contributed by atoms with Gasteiger partial charge in [-0.05, 0) is 50.9 Å². The van der Waals surface area contributed by atoms with Gasteiger partial charge >= 0.3 is 0 Å². The minimum absolute atomic E-state index is 0.00971. The maximum absolute atomic E-state index is 12.9. The van der Waals surface area contributed by atoms with Crippen LogP contribution in [0.25, 0.3) is 0 Å². The van der Waals surface area contributed by atoms with Gasteiger partial charge in [0.1, 0.15) is 18.0 Å². The van der Waals surface area contributed by atoms with Crippen molar-refractivity contribution in [1.82, 2.24) is 15.1 Å². The lowest BCUT2D eigenvalue weighted by Crippen LogP contribution is -2.64. The summed E-state index contributed by atoms with van der Waals surface area (Å²) in [6.45, 7) is 1.51. The van der Waals surface area contributed by atoms with E-state index in [1.165, 1.54) is 5.56 Å². The second-order valence-corrected chi connectivity index (χ2v) is 10.2. The molecule has 6 rings (SSSR count). The first-order chi connectivity index (χ1) is 16.0. The molecule has 0 aromatic heterocycles. The molecule has 1 amide bonds. The summed E-state index contributed by atoms with van der Waals surface area (Å²) in [6.07, 6.45) is 2.62. The van der Waals surface area contributed by atoms with Crippen LogP contribution in [0.4, 0.5) is 5.69 Å². The Morgan fingerprint density at radius 1 is 1.36 bits per heavy atom. The van der Waals surface area contributed by atoms with Gasteiger partial charge in [0.15, 0.2) is 0 Å².